The van der Waals surface area contributed by atoms with Crippen LogP contribution in [0.1, 0.15) is 303 Å². The molecule has 0 aliphatic heterocycles. The molecule has 6 heteroatoms. The van der Waals surface area contributed by atoms with Crippen molar-refractivity contribution in [3.05, 3.63) is 48.6 Å². The summed E-state index contributed by atoms with van der Waals surface area (Å²) in [5.74, 6) is -0.514. The molecular formula is C61H113NO5. The Morgan fingerprint density at radius 2 is 0.806 bits per heavy atom. The summed E-state index contributed by atoms with van der Waals surface area (Å²) in [5, 5.41) is 23.9. The van der Waals surface area contributed by atoms with Gasteiger partial charge in [-0.05, 0) is 57.8 Å². The maximum absolute atomic E-state index is 13.3. The Hall–Kier alpha value is -2.18. The summed E-state index contributed by atoms with van der Waals surface area (Å²) in [7, 11) is 0. The number of carbonyl (C=O) groups excluding carboxylic acids is 2. The molecule has 0 radical (unpaired) electrons. The Labute approximate surface area is 416 Å². The highest BCUT2D eigenvalue weighted by Crippen LogP contribution is 2.18. The van der Waals surface area contributed by atoms with Gasteiger partial charge in [0.15, 0.2) is 0 Å². The van der Waals surface area contributed by atoms with Crippen molar-refractivity contribution in [2.75, 3.05) is 6.61 Å². The van der Waals surface area contributed by atoms with Crippen LogP contribution in [0.15, 0.2) is 48.6 Å². The molecule has 3 unspecified atom stereocenters. The van der Waals surface area contributed by atoms with Crippen LogP contribution in [-0.4, -0.2) is 46.9 Å². The van der Waals surface area contributed by atoms with Crippen LogP contribution in [0.3, 0.4) is 0 Å². The van der Waals surface area contributed by atoms with Crippen molar-refractivity contribution in [1.82, 2.24) is 5.32 Å². The SMILES string of the molecule is CC/C=C/C/C=C/C/C=C/C/C=C/CCCC(CC(=O)NC(CO)C(O)CCCCCCCCCCCCCCCCCCC)OC(=O)CCCCCCCCCCCCCCCCCCC. The van der Waals surface area contributed by atoms with E-state index in [4.69, 9.17) is 4.74 Å². The number of aliphatic hydroxyl groups excluding tert-OH is 2. The molecule has 1 amide bonds. The van der Waals surface area contributed by atoms with Crippen molar-refractivity contribution in [3.63, 3.8) is 0 Å². The molecule has 0 aliphatic carbocycles. The van der Waals surface area contributed by atoms with E-state index in [-0.39, 0.29) is 24.9 Å². The van der Waals surface area contributed by atoms with Crippen LogP contribution in [-0.2, 0) is 14.3 Å². The summed E-state index contributed by atoms with van der Waals surface area (Å²) in [4.78, 5) is 26.3. The van der Waals surface area contributed by atoms with Gasteiger partial charge in [-0.3, -0.25) is 9.59 Å². The first kappa shape index (κ1) is 64.8. The van der Waals surface area contributed by atoms with Gasteiger partial charge < -0.3 is 20.3 Å². The number of rotatable bonds is 53. The van der Waals surface area contributed by atoms with Crippen LogP contribution in [0, 0.1) is 0 Å². The number of hydrogen-bond acceptors (Lipinski definition) is 5. The van der Waals surface area contributed by atoms with Gasteiger partial charge in [-0.25, -0.2) is 0 Å². The van der Waals surface area contributed by atoms with Crippen molar-refractivity contribution in [2.45, 2.75) is 322 Å². The van der Waals surface area contributed by atoms with Gasteiger partial charge in [-0.1, -0.05) is 281 Å². The minimum Gasteiger partial charge on any atom is -0.462 e. The largest absolute Gasteiger partial charge is 0.462 e. The number of aliphatic hydroxyl groups is 2. The summed E-state index contributed by atoms with van der Waals surface area (Å²) in [6.45, 7) is 6.39. The molecule has 0 spiro atoms. The van der Waals surface area contributed by atoms with Crippen LogP contribution in [0.5, 0.6) is 0 Å². The average molecular weight is 941 g/mol. The molecule has 392 valence electrons. The van der Waals surface area contributed by atoms with Crippen LogP contribution < -0.4 is 5.32 Å². The molecule has 0 saturated heterocycles. The maximum atomic E-state index is 13.3. The molecule has 0 heterocycles. The molecule has 6 nitrogen and oxygen atoms in total. The zero-order valence-corrected chi connectivity index (χ0v) is 44.8. The molecule has 0 aromatic heterocycles. The molecule has 0 bridgehead atoms. The highest BCUT2D eigenvalue weighted by Gasteiger charge is 2.24. The van der Waals surface area contributed by atoms with E-state index in [1.54, 1.807) is 0 Å². The normalized spacial score (nSPS) is 13.4. The van der Waals surface area contributed by atoms with Gasteiger partial charge in [-0.15, -0.1) is 0 Å². The second-order valence-electron chi connectivity index (χ2n) is 20.0. The predicted molar refractivity (Wildman–Crippen MR) is 292 cm³/mol. The number of allylic oxidation sites excluding steroid dienone is 8. The van der Waals surface area contributed by atoms with E-state index in [1.807, 2.05) is 0 Å². The van der Waals surface area contributed by atoms with E-state index in [0.29, 0.717) is 19.3 Å². The van der Waals surface area contributed by atoms with Gasteiger partial charge in [0.25, 0.3) is 0 Å². The Morgan fingerprint density at radius 3 is 1.19 bits per heavy atom. The first-order valence-corrected chi connectivity index (χ1v) is 29.4. The molecule has 3 atom stereocenters. The smallest absolute Gasteiger partial charge is 0.306 e. The predicted octanol–water partition coefficient (Wildman–Crippen LogP) is 18.2. The minimum absolute atomic E-state index is 0.0430. The van der Waals surface area contributed by atoms with E-state index in [1.165, 1.54) is 180 Å². The van der Waals surface area contributed by atoms with Gasteiger partial charge >= 0.3 is 5.97 Å². The second-order valence-corrected chi connectivity index (χ2v) is 20.0. The lowest BCUT2D eigenvalue weighted by Crippen LogP contribution is -2.46. The zero-order valence-electron chi connectivity index (χ0n) is 44.8. The fourth-order valence-electron chi connectivity index (χ4n) is 9.02. The van der Waals surface area contributed by atoms with Crippen molar-refractivity contribution in [3.8, 4) is 0 Å². The van der Waals surface area contributed by atoms with Gasteiger partial charge in [-0.2, -0.15) is 0 Å². The summed E-state index contributed by atoms with van der Waals surface area (Å²) >= 11 is 0. The number of carbonyl (C=O) groups is 2. The Balaban J connectivity index is 4.55. The molecular weight excluding hydrogens is 827 g/mol. The first-order chi connectivity index (χ1) is 33.0. The van der Waals surface area contributed by atoms with Crippen molar-refractivity contribution in [2.24, 2.45) is 0 Å². The number of esters is 1. The van der Waals surface area contributed by atoms with E-state index >= 15 is 0 Å². The number of nitrogens with one attached hydrogen (secondary N) is 1. The Bertz CT molecular complexity index is 1150. The van der Waals surface area contributed by atoms with Crippen LogP contribution >= 0.6 is 0 Å². The number of unbranched alkanes of at least 4 members (excludes halogenated alkanes) is 33. The summed E-state index contributed by atoms with van der Waals surface area (Å²) < 4.78 is 5.94. The van der Waals surface area contributed by atoms with Gasteiger partial charge in [0, 0.05) is 6.42 Å². The average Bonchev–Trinajstić information content (AvgIpc) is 3.32. The lowest BCUT2D eigenvalue weighted by Gasteiger charge is -2.24. The molecule has 0 aromatic rings. The summed E-state index contributed by atoms with van der Waals surface area (Å²) in [6.07, 6.45) is 67.6. The third-order valence-corrected chi connectivity index (χ3v) is 13.4. The highest BCUT2D eigenvalue weighted by atomic mass is 16.5. The standard InChI is InChI=1S/C61H113NO5/c1-4-7-10-13-16-19-22-25-28-30-32-35-38-41-44-47-50-53-59(64)58(56-63)62-60(65)55-57(52-49-46-43-40-37-34-27-24-21-18-15-12-9-6-3)67-61(66)54-51-48-45-42-39-36-33-31-29-26-23-20-17-14-11-8-5-2/h9,12,18,21,27,34,40,43,57-59,63-64H,4-8,10-11,13-17,19-20,22-26,28-33,35-39,41-42,44-56H2,1-3H3,(H,62,65)/b12-9+,21-18+,34-27+,43-40+. The van der Waals surface area contributed by atoms with E-state index in [0.717, 1.165) is 77.0 Å². The van der Waals surface area contributed by atoms with Crippen molar-refractivity contribution < 1.29 is 24.5 Å². The lowest BCUT2D eigenvalue weighted by atomic mass is 10.0. The van der Waals surface area contributed by atoms with Crippen molar-refractivity contribution in [1.29, 1.82) is 0 Å². The number of ether oxygens (including phenoxy) is 1. The minimum atomic E-state index is -0.802. The number of amides is 1. The number of hydrogen-bond donors (Lipinski definition) is 3. The summed E-state index contributed by atoms with van der Waals surface area (Å²) in [6, 6.07) is -0.718. The molecule has 0 fully saturated rings. The fraction of sp³-hybridized carbons (Fsp3) is 0.836. The fourth-order valence-corrected chi connectivity index (χ4v) is 9.02. The monoisotopic (exact) mass is 940 g/mol. The highest BCUT2D eigenvalue weighted by molar-refractivity contribution is 5.77. The third kappa shape index (κ3) is 50.0. The molecule has 3 N–H and O–H groups in total. The summed E-state index contributed by atoms with van der Waals surface area (Å²) in [5.41, 5.74) is 0. The molecule has 0 rings (SSSR count). The van der Waals surface area contributed by atoms with Crippen LogP contribution in [0.2, 0.25) is 0 Å². The third-order valence-electron chi connectivity index (χ3n) is 13.4. The Morgan fingerprint density at radius 1 is 0.448 bits per heavy atom. The molecule has 0 aliphatic rings. The Kier molecular flexibility index (Phi) is 53.0. The topological polar surface area (TPSA) is 95.9 Å². The second kappa shape index (κ2) is 54.8. The molecule has 0 saturated carbocycles. The van der Waals surface area contributed by atoms with Crippen molar-refractivity contribution >= 4 is 11.9 Å². The van der Waals surface area contributed by atoms with Gasteiger partial charge in [0.2, 0.25) is 5.91 Å². The van der Waals surface area contributed by atoms with Crippen LogP contribution in [0.4, 0.5) is 0 Å². The zero-order chi connectivity index (χ0) is 48.8. The molecule has 0 aromatic carbocycles. The first-order valence-electron chi connectivity index (χ1n) is 29.4. The van der Waals surface area contributed by atoms with Gasteiger partial charge in [0.1, 0.15) is 6.10 Å². The quantitative estimate of drug-likeness (QED) is 0.0321. The van der Waals surface area contributed by atoms with E-state index < -0.39 is 18.2 Å². The van der Waals surface area contributed by atoms with E-state index in [9.17, 15) is 19.8 Å². The molecule has 67 heavy (non-hydrogen) atoms. The van der Waals surface area contributed by atoms with Gasteiger partial charge in [0.05, 0.1) is 25.2 Å². The van der Waals surface area contributed by atoms with E-state index in [2.05, 4.69) is 74.7 Å². The maximum Gasteiger partial charge on any atom is 0.306 e. The lowest BCUT2D eigenvalue weighted by molar-refractivity contribution is -0.151. The van der Waals surface area contributed by atoms with Crippen LogP contribution in [0.25, 0.3) is 0 Å².